The molecule has 1 aromatic heterocycles. The third kappa shape index (κ3) is 3.66. The summed E-state index contributed by atoms with van der Waals surface area (Å²) in [7, 11) is 0. The minimum Gasteiger partial charge on any atom is -0.348 e. The van der Waals surface area contributed by atoms with Crippen LogP contribution in [0.15, 0.2) is 6.07 Å². The van der Waals surface area contributed by atoms with Gasteiger partial charge in [0, 0.05) is 23.5 Å². The van der Waals surface area contributed by atoms with E-state index >= 15 is 0 Å². The molecule has 0 radical (unpaired) electrons. The van der Waals surface area contributed by atoms with E-state index in [-0.39, 0.29) is 18.2 Å². The summed E-state index contributed by atoms with van der Waals surface area (Å²) in [6.45, 7) is 6.69. The third-order valence-corrected chi connectivity index (χ3v) is 6.08. The predicted octanol–water partition coefficient (Wildman–Crippen LogP) is 3.73. The fourth-order valence-corrected chi connectivity index (χ4v) is 4.55. The van der Waals surface area contributed by atoms with Crippen molar-refractivity contribution in [1.29, 1.82) is 0 Å². The van der Waals surface area contributed by atoms with Crippen molar-refractivity contribution in [1.82, 2.24) is 14.8 Å². The van der Waals surface area contributed by atoms with Crippen LogP contribution in [0, 0.1) is 13.8 Å². The van der Waals surface area contributed by atoms with Crippen LogP contribution in [0.25, 0.3) is 0 Å². The Balaban J connectivity index is 1.77. The van der Waals surface area contributed by atoms with E-state index in [0.29, 0.717) is 18.4 Å². The Morgan fingerprint density at radius 3 is 2.37 bits per heavy atom. The summed E-state index contributed by atoms with van der Waals surface area (Å²) in [5, 5.41) is 2.93. The number of aromatic nitrogens is 1. The molecular formula is C21H31N3O3. The van der Waals surface area contributed by atoms with Crippen molar-refractivity contribution in [3.8, 4) is 0 Å². The maximum Gasteiger partial charge on any atom is 0.325 e. The van der Waals surface area contributed by atoms with Gasteiger partial charge < -0.3 is 9.88 Å². The Kier molecular flexibility index (Phi) is 5.72. The number of imide groups is 1. The highest BCUT2D eigenvalue weighted by Gasteiger charge is 2.50. The maximum atomic E-state index is 13.1. The lowest BCUT2D eigenvalue weighted by Gasteiger charge is -2.28. The van der Waals surface area contributed by atoms with Gasteiger partial charge in [-0.05, 0) is 39.2 Å². The van der Waals surface area contributed by atoms with E-state index in [1.54, 1.807) is 0 Å². The molecule has 1 aromatic rings. The van der Waals surface area contributed by atoms with Crippen LogP contribution < -0.4 is 5.32 Å². The molecule has 1 saturated heterocycles. The summed E-state index contributed by atoms with van der Waals surface area (Å²) in [6.07, 6.45) is 7.58. The van der Waals surface area contributed by atoms with Crippen molar-refractivity contribution in [2.45, 2.75) is 84.2 Å². The summed E-state index contributed by atoms with van der Waals surface area (Å²) in [6, 6.07) is 1.45. The highest BCUT2D eigenvalue weighted by Crippen LogP contribution is 2.32. The first kappa shape index (κ1) is 19.6. The van der Waals surface area contributed by atoms with Crippen LogP contribution in [0.1, 0.15) is 80.0 Å². The molecule has 3 amide bonds. The molecule has 3 rings (SSSR count). The summed E-state index contributed by atoms with van der Waals surface area (Å²) < 4.78 is 2.12. The largest absolute Gasteiger partial charge is 0.348 e. The number of nitrogens with one attached hydrogen (secondary N) is 1. The molecule has 2 fully saturated rings. The predicted molar refractivity (Wildman–Crippen MR) is 104 cm³/mol. The number of hydrogen-bond acceptors (Lipinski definition) is 3. The molecule has 1 saturated carbocycles. The van der Waals surface area contributed by atoms with E-state index < -0.39 is 11.6 Å². The molecular weight excluding hydrogens is 342 g/mol. The standard InChI is InChI=1S/C21H31N3O3/c1-4-12-23-15(2)13-17(16(23)3)18(25)14-24-19(26)21(22-20(24)27)10-8-6-5-7-9-11-21/h13H,4-12,14H2,1-3H3,(H,22,27). The molecule has 2 heterocycles. The van der Waals surface area contributed by atoms with Gasteiger partial charge >= 0.3 is 6.03 Å². The number of nitrogens with zero attached hydrogens (tertiary/aromatic N) is 2. The second kappa shape index (κ2) is 7.87. The van der Waals surface area contributed by atoms with Gasteiger partial charge in [0.25, 0.3) is 5.91 Å². The smallest absolute Gasteiger partial charge is 0.325 e. The van der Waals surface area contributed by atoms with Crippen LogP contribution in [0.5, 0.6) is 0 Å². The summed E-state index contributed by atoms with van der Waals surface area (Å²) >= 11 is 0. The van der Waals surface area contributed by atoms with Crippen molar-refractivity contribution in [2.75, 3.05) is 6.54 Å². The van der Waals surface area contributed by atoms with Gasteiger partial charge in [-0.1, -0.05) is 39.0 Å². The van der Waals surface area contributed by atoms with Gasteiger partial charge in [0.1, 0.15) is 5.54 Å². The van der Waals surface area contributed by atoms with Gasteiger partial charge in [-0.2, -0.15) is 0 Å². The third-order valence-electron chi connectivity index (χ3n) is 6.08. The summed E-state index contributed by atoms with van der Waals surface area (Å²) in [5.74, 6) is -0.387. The lowest BCUT2D eigenvalue weighted by molar-refractivity contribution is -0.131. The van der Waals surface area contributed by atoms with E-state index in [0.717, 1.165) is 54.9 Å². The van der Waals surface area contributed by atoms with Gasteiger partial charge in [0.15, 0.2) is 5.78 Å². The molecule has 6 heteroatoms. The fraction of sp³-hybridized carbons (Fsp3) is 0.667. The Morgan fingerprint density at radius 1 is 1.11 bits per heavy atom. The first-order valence-electron chi connectivity index (χ1n) is 10.2. The molecule has 1 spiro atoms. The van der Waals surface area contributed by atoms with Gasteiger partial charge in [-0.25, -0.2) is 4.79 Å². The summed E-state index contributed by atoms with van der Waals surface area (Å²) in [4.78, 5) is 39.6. The average Bonchev–Trinajstić information content (AvgIpc) is 3.02. The number of urea groups is 1. The Bertz CT molecular complexity index is 742. The minimum absolute atomic E-state index is 0.170. The van der Waals surface area contributed by atoms with Gasteiger partial charge in [0.2, 0.25) is 0 Å². The van der Waals surface area contributed by atoms with Gasteiger partial charge in [-0.15, -0.1) is 0 Å². The van der Waals surface area contributed by atoms with Crippen molar-refractivity contribution in [2.24, 2.45) is 0 Å². The van der Waals surface area contributed by atoms with Crippen LogP contribution in [-0.2, 0) is 11.3 Å². The van der Waals surface area contributed by atoms with E-state index in [1.807, 2.05) is 19.9 Å². The van der Waals surface area contributed by atoms with Crippen LogP contribution in [0.2, 0.25) is 0 Å². The fourth-order valence-electron chi connectivity index (χ4n) is 4.55. The van der Waals surface area contributed by atoms with E-state index in [4.69, 9.17) is 0 Å². The van der Waals surface area contributed by atoms with Crippen molar-refractivity contribution in [3.05, 3.63) is 23.0 Å². The molecule has 2 aliphatic rings. The lowest BCUT2D eigenvalue weighted by Crippen LogP contribution is -2.47. The zero-order chi connectivity index (χ0) is 19.6. The zero-order valence-corrected chi connectivity index (χ0v) is 16.8. The Hall–Kier alpha value is -2.11. The molecule has 1 aliphatic heterocycles. The van der Waals surface area contributed by atoms with Crippen molar-refractivity contribution < 1.29 is 14.4 Å². The molecule has 27 heavy (non-hydrogen) atoms. The zero-order valence-electron chi connectivity index (χ0n) is 16.8. The first-order valence-corrected chi connectivity index (χ1v) is 10.2. The van der Waals surface area contributed by atoms with E-state index in [2.05, 4.69) is 16.8 Å². The number of aryl methyl sites for hydroxylation is 1. The van der Waals surface area contributed by atoms with Crippen LogP contribution in [0.4, 0.5) is 4.79 Å². The number of ketones is 1. The second-order valence-corrected chi connectivity index (χ2v) is 8.03. The SMILES string of the molecule is CCCn1c(C)cc(C(=O)CN2C(=O)NC3(CCCCCCC3)C2=O)c1C. The molecule has 0 atom stereocenters. The topological polar surface area (TPSA) is 71.4 Å². The van der Waals surface area contributed by atoms with Crippen LogP contribution in [0.3, 0.4) is 0 Å². The Labute approximate surface area is 161 Å². The number of hydrogen-bond donors (Lipinski definition) is 1. The molecule has 0 bridgehead atoms. The maximum absolute atomic E-state index is 13.1. The lowest BCUT2D eigenvalue weighted by atomic mass is 9.84. The summed E-state index contributed by atoms with van der Waals surface area (Å²) in [5.41, 5.74) is 1.76. The van der Waals surface area contributed by atoms with E-state index in [9.17, 15) is 14.4 Å². The molecule has 1 N–H and O–H groups in total. The second-order valence-electron chi connectivity index (χ2n) is 8.03. The van der Waals surface area contributed by atoms with Crippen LogP contribution >= 0.6 is 0 Å². The molecule has 0 unspecified atom stereocenters. The number of amides is 3. The highest BCUT2D eigenvalue weighted by atomic mass is 16.2. The Morgan fingerprint density at radius 2 is 1.74 bits per heavy atom. The van der Waals surface area contributed by atoms with Gasteiger partial charge in [0.05, 0.1) is 6.54 Å². The molecule has 0 aromatic carbocycles. The number of Topliss-reactive ketones (excluding diaryl/α,β-unsaturated/α-hetero) is 1. The molecule has 148 valence electrons. The minimum atomic E-state index is -0.795. The van der Waals surface area contributed by atoms with Crippen molar-refractivity contribution in [3.63, 3.8) is 0 Å². The quantitative estimate of drug-likeness (QED) is 0.631. The van der Waals surface area contributed by atoms with E-state index in [1.165, 1.54) is 6.42 Å². The monoisotopic (exact) mass is 373 g/mol. The normalized spacial score (nSPS) is 19.9. The highest BCUT2D eigenvalue weighted by molar-refractivity contribution is 6.11. The first-order chi connectivity index (χ1) is 12.9. The average molecular weight is 373 g/mol. The van der Waals surface area contributed by atoms with Crippen molar-refractivity contribution >= 4 is 17.7 Å². The number of carbonyl (C=O) groups is 3. The molecule has 1 aliphatic carbocycles. The number of carbonyl (C=O) groups excluding carboxylic acids is 3. The van der Waals surface area contributed by atoms with Gasteiger partial charge in [-0.3, -0.25) is 14.5 Å². The number of rotatable bonds is 5. The van der Waals surface area contributed by atoms with Crippen LogP contribution in [-0.4, -0.2) is 39.3 Å². The molecule has 6 nitrogen and oxygen atoms in total.